The van der Waals surface area contributed by atoms with Gasteiger partial charge in [0.05, 0.1) is 0 Å². The van der Waals surface area contributed by atoms with Gasteiger partial charge in [-0.3, -0.25) is 0 Å². The van der Waals surface area contributed by atoms with Gasteiger partial charge in [0.15, 0.2) is 0 Å². The molecule has 1 heteroatoms. The quantitative estimate of drug-likeness (QED) is 0.514. The van der Waals surface area contributed by atoms with Crippen molar-refractivity contribution in [3.05, 3.63) is 96.0 Å². The van der Waals surface area contributed by atoms with Crippen LogP contribution in [0.2, 0.25) is 0 Å². The summed E-state index contributed by atoms with van der Waals surface area (Å²) in [5.41, 5.74) is 3.84. The van der Waals surface area contributed by atoms with E-state index in [0.717, 1.165) is 5.56 Å². The van der Waals surface area contributed by atoms with E-state index in [1.54, 1.807) is 0 Å². The second-order valence-corrected chi connectivity index (χ2v) is 4.73. The summed E-state index contributed by atoms with van der Waals surface area (Å²) in [4.78, 5) is 0. The molecule has 0 atom stereocenters. The molecule has 0 N–H and O–H groups in total. The maximum atomic E-state index is 5.36. The number of hydrogen-bond donors (Lipinski definition) is 0. The molecule has 3 aromatic rings. The van der Waals surface area contributed by atoms with Gasteiger partial charge in [-0.2, -0.15) is 0 Å². The Kier molecular flexibility index (Phi) is 5.81. The van der Waals surface area contributed by atoms with Gasteiger partial charge in [-0.1, -0.05) is 97.1 Å². The lowest BCUT2D eigenvalue weighted by Gasteiger charge is -1.99. The largest absolute Gasteiger partial charge is 0.0984 e. The molecule has 0 saturated heterocycles. The highest BCUT2D eigenvalue weighted by atomic mass is 35.5. The highest BCUT2D eigenvalue weighted by Crippen LogP contribution is 2.18. The molecule has 21 heavy (non-hydrogen) atoms. The zero-order valence-electron chi connectivity index (χ0n) is 11.7. The summed E-state index contributed by atoms with van der Waals surface area (Å²) >= 11 is 5.36. The van der Waals surface area contributed by atoms with E-state index in [9.17, 15) is 0 Å². The summed E-state index contributed by atoms with van der Waals surface area (Å²) in [6.07, 6.45) is 3.74. The Balaban J connectivity index is 0.000000161. The summed E-state index contributed by atoms with van der Waals surface area (Å²) in [6.45, 7) is 3.78. The lowest BCUT2D eigenvalue weighted by molar-refractivity contribution is 1.66. The second-order valence-electron chi connectivity index (χ2n) is 4.48. The summed E-state index contributed by atoms with van der Waals surface area (Å²) in [6, 6.07) is 24.5. The number of rotatable bonds is 2. The number of halogens is 1. The molecule has 0 amide bonds. The smallest absolute Gasteiger partial charge is 0.00484 e. The van der Waals surface area contributed by atoms with E-state index >= 15 is 0 Å². The number of fused-ring (bicyclic) bond motifs is 1. The average molecular weight is 293 g/mol. The maximum absolute atomic E-state index is 5.36. The van der Waals surface area contributed by atoms with Crippen LogP contribution in [0.4, 0.5) is 0 Å². The minimum absolute atomic E-state index is 1.13. The van der Waals surface area contributed by atoms with Crippen LogP contribution in [-0.4, -0.2) is 0 Å². The van der Waals surface area contributed by atoms with Crippen molar-refractivity contribution >= 4 is 34.5 Å². The molecule has 0 aliphatic rings. The van der Waals surface area contributed by atoms with Gasteiger partial charge < -0.3 is 0 Å². The average Bonchev–Trinajstić information content (AvgIpc) is 2.56. The van der Waals surface area contributed by atoms with E-state index in [1.165, 1.54) is 21.9 Å². The van der Waals surface area contributed by atoms with Gasteiger partial charge in [0.2, 0.25) is 0 Å². The molecule has 0 saturated carbocycles. The first-order valence-electron chi connectivity index (χ1n) is 6.77. The Labute approximate surface area is 131 Å². The minimum atomic E-state index is 1.13. The van der Waals surface area contributed by atoms with Crippen molar-refractivity contribution in [3.8, 4) is 0 Å². The molecule has 0 bridgehead atoms. The molecular formula is C20H17Cl. The van der Waals surface area contributed by atoms with Crippen molar-refractivity contribution in [2.75, 3.05) is 0 Å². The van der Waals surface area contributed by atoms with Crippen LogP contribution in [0.1, 0.15) is 11.1 Å². The third-order valence-corrected chi connectivity index (χ3v) is 3.22. The first-order chi connectivity index (χ1) is 10.3. The summed E-state index contributed by atoms with van der Waals surface area (Å²) in [5, 5.41) is 2.55. The molecular weight excluding hydrogens is 276 g/mol. The van der Waals surface area contributed by atoms with Crippen molar-refractivity contribution < 1.29 is 0 Å². The highest BCUT2D eigenvalue weighted by molar-refractivity contribution is 6.27. The van der Waals surface area contributed by atoms with E-state index in [0.29, 0.717) is 0 Å². The Bertz CT molecular complexity index is 722. The van der Waals surface area contributed by atoms with Crippen LogP contribution in [0, 0.1) is 0 Å². The molecule has 0 aliphatic heterocycles. The predicted octanol–water partition coefficient (Wildman–Crippen LogP) is 6.38. The topological polar surface area (TPSA) is 0 Å². The van der Waals surface area contributed by atoms with Crippen LogP contribution in [0.3, 0.4) is 0 Å². The maximum Gasteiger partial charge on any atom is 0.00484 e. The summed E-state index contributed by atoms with van der Waals surface area (Å²) < 4.78 is 0. The Morgan fingerprint density at radius 3 is 2.14 bits per heavy atom. The molecule has 0 heterocycles. The highest BCUT2D eigenvalue weighted by Gasteiger charge is 1.93. The zero-order chi connectivity index (χ0) is 14.9. The van der Waals surface area contributed by atoms with Crippen molar-refractivity contribution in [1.29, 1.82) is 0 Å². The van der Waals surface area contributed by atoms with Crippen molar-refractivity contribution in [1.82, 2.24) is 0 Å². The SMILES string of the molecule is C=Cc1cccc2ccccc12.ClC=Cc1ccccc1. The van der Waals surface area contributed by atoms with Crippen LogP contribution >= 0.6 is 11.6 Å². The van der Waals surface area contributed by atoms with Crippen LogP contribution < -0.4 is 0 Å². The fourth-order valence-corrected chi connectivity index (χ4v) is 2.21. The fraction of sp³-hybridized carbons (Fsp3) is 0. The first-order valence-corrected chi connectivity index (χ1v) is 7.21. The van der Waals surface area contributed by atoms with Crippen molar-refractivity contribution in [3.63, 3.8) is 0 Å². The van der Waals surface area contributed by atoms with Crippen LogP contribution in [0.5, 0.6) is 0 Å². The molecule has 3 aromatic carbocycles. The second kappa shape index (κ2) is 8.08. The molecule has 0 nitrogen and oxygen atoms in total. The van der Waals surface area contributed by atoms with Crippen LogP contribution in [0.15, 0.2) is 84.9 Å². The minimum Gasteiger partial charge on any atom is -0.0984 e. The molecule has 0 aliphatic carbocycles. The third kappa shape index (κ3) is 4.34. The third-order valence-electron chi connectivity index (χ3n) is 3.10. The lowest BCUT2D eigenvalue weighted by Crippen LogP contribution is -1.75. The van der Waals surface area contributed by atoms with Crippen molar-refractivity contribution in [2.45, 2.75) is 0 Å². The van der Waals surface area contributed by atoms with E-state index in [1.807, 2.05) is 42.5 Å². The lowest BCUT2D eigenvalue weighted by atomic mass is 10.1. The van der Waals surface area contributed by atoms with Crippen molar-refractivity contribution in [2.24, 2.45) is 0 Å². The Hall–Kier alpha value is -2.31. The van der Waals surface area contributed by atoms with Gasteiger partial charge in [0, 0.05) is 5.54 Å². The number of hydrogen-bond acceptors (Lipinski definition) is 0. The van der Waals surface area contributed by atoms with E-state index < -0.39 is 0 Å². The first kappa shape index (κ1) is 15.1. The summed E-state index contributed by atoms with van der Waals surface area (Å²) in [7, 11) is 0. The van der Waals surface area contributed by atoms with E-state index in [-0.39, 0.29) is 0 Å². The van der Waals surface area contributed by atoms with Crippen LogP contribution in [0.25, 0.3) is 22.9 Å². The Morgan fingerprint density at radius 1 is 0.762 bits per heavy atom. The molecule has 0 fully saturated rings. The molecule has 0 spiro atoms. The number of benzene rings is 3. The monoisotopic (exact) mass is 292 g/mol. The van der Waals surface area contributed by atoms with E-state index in [2.05, 4.69) is 49.0 Å². The van der Waals surface area contributed by atoms with Gasteiger partial charge in [0.1, 0.15) is 0 Å². The normalized spacial score (nSPS) is 10.1. The summed E-state index contributed by atoms with van der Waals surface area (Å²) in [5.74, 6) is 0. The molecule has 0 radical (unpaired) electrons. The van der Waals surface area contributed by atoms with Gasteiger partial charge in [-0.15, -0.1) is 0 Å². The fourth-order valence-electron chi connectivity index (χ4n) is 2.07. The predicted molar refractivity (Wildman–Crippen MR) is 95.4 cm³/mol. The van der Waals surface area contributed by atoms with Crippen LogP contribution in [-0.2, 0) is 0 Å². The molecule has 104 valence electrons. The van der Waals surface area contributed by atoms with E-state index in [4.69, 9.17) is 11.6 Å². The van der Waals surface area contributed by atoms with Gasteiger partial charge in [-0.05, 0) is 28.0 Å². The van der Waals surface area contributed by atoms with Gasteiger partial charge in [-0.25, -0.2) is 0 Å². The standard InChI is InChI=1S/C12H10.C8H7Cl/c1-2-10-7-5-8-11-6-3-4-9-12(10)11;9-7-6-8-4-2-1-3-5-8/h2-9H,1H2;1-7H. The Morgan fingerprint density at radius 2 is 1.43 bits per heavy atom. The van der Waals surface area contributed by atoms with Gasteiger partial charge in [0.25, 0.3) is 0 Å². The van der Waals surface area contributed by atoms with Gasteiger partial charge >= 0.3 is 0 Å². The zero-order valence-corrected chi connectivity index (χ0v) is 12.5. The molecule has 0 aromatic heterocycles. The molecule has 0 unspecified atom stereocenters. The molecule has 3 rings (SSSR count).